The lowest BCUT2D eigenvalue weighted by molar-refractivity contribution is -0.117. The molecule has 1 aliphatic heterocycles. The fourth-order valence-corrected chi connectivity index (χ4v) is 4.63. The van der Waals surface area contributed by atoms with Crippen LogP contribution in [0.5, 0.6) is 5.75 Å². The number of carbonyl (C=O) groups excluding carboxylic acids is 1. The van der Waals surface area contributed by atoms with Crippen molar-refractivity contribution in [2.75, 3.05) is 18.1 Å². The summed E-state index contributed by atoms with van der Waals surface area (Å²) in [4.78, 5) is 19.8. The molecule has 5 nitrogen and oxygen atoms in total. The molecule has 0 aliphatic carbocycles. The van der Waals surface area contributed by atoms with Gasteiger partial charge in [-0.2, -0.15) is 0 Å². The van der Waals surface area contributed by atoms with E-state index >= 15 is 0 Å². The van der Waals surface area contributed by atoms with E-state index in [1.165, 1.54) is 11.1 Å². The van der Waals surface area contributed by atoms with Crippen molar-refractivity contribution in [1.82, 2.24) is 9.55 Å². The first-order chi connectivity index (χ1) is 16.0. The number of imidazole rings is 1. The van der Waals surface area contributed by atoms with Crippen molar-refractivity contribution in [3.63, 3.8) is 0 Å². The smallest absolute Gasteiger partial charge is 0.227 e. The van der Waals surface area contributed by atoms with E-state index < -0.39 is 0 Å². The summed E-state index contributed by atoms with van der Waals surface area (Å²) in [5.41, 5.74) is 6.56. The fraction of sp³-hybridized carbons (Fsp3) is 0.286. The van der Waals surface area contributed by atoms with Gasteiger partial charge in [0.25, 0.3) is 0 Å². The van der Waals surface area contributed by atoms with Gasteiger partial charge in [0.1, 0.15) is 18.2 Å². The van der Waals surface area contributed by atoms with E-state index in [4.69, 9.17) is 9.72 Å². The van der Waals surface area contributed by atoms with Gasteiger partial charge in [-0.1, -0.05) is 36.4 Å². The second-order valence-electron chi connectivity index (χ2n) is 8.90. The molecule has 0 N–H and O–H groups in total. The number of anilines is 1. The highest BCUT2D eigenvalue weighted by molar-refractivity contribution is 5.96. The van der Waals surface area contributed by atoms with E-state index in [9.17, 15) is 4.79 Å². The lowest BCUT2D eigenvalue weighted by atomic mass is 10.1. The largest absolute Gasteiger partial charge is 0.491 e. The maximum atomic E-state index is 13.0. The molecule has 0 bridgehead atoms. The number of para-hydroxylation sites is 3. The monoisotopic (exact) mass is 439 g/mol. The Morgan fingerprint density at radius 2 is 1.73 bits per heavy atom. The van der Waals surface area contributed by atoms with Crippen LogP contribution in [-0.4, -0.2) is 28.6 Å². The molecule has 1 aromatic heterocycles. The van der Waals surface area contributed by atoms with Crippen LogP contribution in [0.25, 0.3) is 11.0 Å². The van der Waals surface area contributed by atoms with Crippen LogP contribution in [0.1, 0.15) is 34.9 Å². The Bertz CT molecular complexity index is 1320. The lowest BCUT2D eigenvalue weighted by Gasteiger charge is -2.19. The highest BCUT2D eigenvalue weighted by Gasteiger charge is 2.35. The number of benzene rings is 3. The SMILES string of the molecule is Cc1ccc(N2C[C@H](c3nc4ccccc4n3CCOc3ccccc3C)CC2=O)cc1C. The van der Waals surface area contributed by atoms with Crippen molar-refractivity contribution in [3.8, 4) is 5.75 Å². The average Bonchev–Trinajstić information content (AvgIpc) is 3.37. The molecule has 4 aromatic rings. The summed E-state index contributed by atoms with van der Waals surface area (Å²) in [5, 5.41) is 0. The molecule has 1 fully saturated rings. The van der Waals surface area contributed by atoms with Gasteiger partial charge in [-0.25, -0.2) is 4.98 Å². The zero-order valence-corrected chi connectivity index (χ0v) is 19.4. The number of amides is 1. The molecule has 33 heavy (non-hydrogen) atoms. The van der Waals surface area contributed by atoms with Crippen LogP contribution in [0.4, 0.5) is 5.69 Å². The maximum absolute atomic E-state index is 13.0. The summed E-state index contributed by atoms with van der Waals surface area (Å²) in [6.45, 7) is 8.10. The molecular formula is C28H29N3O2. The van der Waals surface area contributed by atoms with Crippen LogP contribution in [-0.2, 0) is 11.3 Å². The third-order valence-electron chi connectivity index (χ3n) is 6.64. The second-order valence-corrected chi connectivity index (χ2v) is 8.90. The van der Waals surface area contributed by atoms with Gasteiger partial charge >= 0.3 is 0 Å². The number of nitrogens with zero attached hydrogens (tertiary/aromatic N) is 3. The lowest BCUT2D eigenvalue weighted by Crippen LogP contribution is -2.24. The molecule has 1 amide bonds. The van der Waals surface area contributed by atoms with Crippen molar-refractivity contribution < 1.29 is 9.53 Å². The van der Waals surface area contributed by atoms with Gasteiger partial charge in [0.15, 0.2) is 0 Å². The highest BCUT2D eigenvalue weighted by atomic mass is 16.5. The zero-order chi connectivity index (χ0) is 22.9. The molecule has 0 spiro atoms. The van der Waals surface area contributed by atoms with Crippen molar-refractivity contribution in [3.05, 3.63) is 89.2 Å². The van der Waals surface area contributed by atoms with Crippen LogP contribution in [0.2, 0.25) is 0 Å². The Labute approximate surface area is 194 Å². The Morgan fingerprint density at radius 3 is 2.55 bits per heavy atom. The summed E-state index contributed by atoms with van der Waals surface area (Å²) in [6.07, 6.45) is 0.467. The van der Waals surface area contributed by atoms with Gasteiger partial charge in [0.2, 0.25) is 5.91 Å². The third kappa shape index (κ3) is 4.11. The molecule has 0 radical (unpaired) electrons. The predicted molar refractivity (Wildman–Crippen MR) is 132 cm³/mol. The van der Waals surface area contributed by atoms with Crippen LogP contribution in [0.15, 0.2) is 66.7 Å². The summed E-state index contributed by atoms with van der Waals surface area (Å²) in [6, 6.07) is 22.5. The minimum Gasteiger partial charge on any atom is -0.491 e. The normalized spacial score (nSPS) is 16.0. The van der Waals surface area contributed by atoms with Gasteiger partial charge in [-0.05, 0) is 67.8 Å². The van der Waals surface area contributed by atoms with Crippen LogP contribution >= 0.6 is 0 Å². The molecule has 1 saturated heterocycles. The minimum atomic E-state index is 0.0463. The van der Waals surface area contributed by atoms with E-state index in [2.05, 4.69) is 49.6 Å². The van der Waals surface area contributed by atoms with Crippen LogP contribution in [0.3, 0.4) is 0 Å². The van der Waals surface area contributed by atoms with E-state index in [1.54, 1.807) is 0 Å². The number of ether oxygens (including phenoxy) is 1. The van der Waals surface area contributed by atoms with Gasteiger partial charge in [-0.15, -0.1) is 0 Å². The molecule has 1 atom stereocenters. The highest BCUT2D eigenvalue weighted by Crippen LogP contribution is 2.34. The number of hydrogen-bond acceptors (Lipinski definition) is 3. The van der Waals surface area contributed by atoms with E-state index in [1.807, 2.05) is 47.4 Å². The van der Waals surface area contributed by atoms with Crippen molar-refractivity contribution in [1.29, 1.82) is 0 Å². The van der Waals surface area contributed by atoms with E-state index in [0.29, 0.717) is 26.1 Å². The summed E-state index contributed by atoms with van der Waals surface area (Å²) in [5.74, 6) is 2.06. The standard InChI is InChI=1S/C28H29N3O2/c1-19-12-13-23(16-21(19)3)31-18-22(17-27(31)32)28-29-24-9-5-6-10-25(24)30(28)14-15-33-26-11-7-4-8-20(26)2/h4-13,16,22H,14-15,17-18H2,1-3H3/t22-/m1/s1. The zero-order valence-electron chi connectivity index (χ0n) is 19.4. The van der Waals surface area contributed by atoms with Crippen LogP contribution in [0, 0.1) is 20.8 Å². The van der Waals surface area contributed by atoms with Gasteiger partial charge in [0.05, 0.1) is 17.6 Å². The van der Waals surface area contributed by atoms with Gasteiger partial charge in [0, 0.05) is 24.6 Å². The number of aromatic nitrogens is 2. The predicted octanol–water partition coefficient (Wildman–Crippen LogP) is 5.56. The Hall–Kier alpha value is -3.60. The topological polar surface area (TPSA) is 47.4 Å². The molecule has 5 heteroatoms. The number of aryl methyl sites for hydroxylation is 3. The molecule has 2 heterocycles. The molecule has 0 unspecified atom stereocenters. The molecule has 1 aliphatic rings. The summed E-state index contributed by atoms with van der Waals surface area (Å²) in [7, 11) is 0. The van der Waals surface area contributed by atoms with E-state index in [0.717, 1.165) is 33.9 Å². The van der Waals surface area contributed by atoms with Gasteiger partial charge < -0.3 is 14.2 Å². The van der Waals surface area contributed by atoms with Gasteiger partial charge in [-0.3, -0.25) is 4.79 Å². The molecule has 0 saturated carbocycles. The maximum Gasteiger partial charge on any atom is 0.227 e. The average molecular weight is 440 g/mol. The molecular weight excluding hydrogens is 410 g/mol. The number of hydrogen-bond donors (Lipinski definition) is 0. The molecule has 3 aromatic carbocycles. The number of carbonyl (C=O) groups is 1. The van der Waals surface area contributed by atoms with Crippen molar-refractivity contribution in [2.24, 2.45) is 0 Å². The first-order valence-electron chi connectivity index (χ1n) is 11.5. The van der Waals surface area contributed by atoms with Crippen molar-refractivity contribution >= 4 is 22.6 Å². The molecule has 168 valence electrons. The first kappa shape index (κ1) is 21.3. The van der Waals surface area contributed by atoms with Crippen molar-refractivity contribution in [2.45, 2.75) is 39.7 Å². The fourth-order valence-electron chi connectivity index (χ4n) is 4.63. The third-order valence-corrected chi connectivity index (χ3v) is 6.64. The quantitative estimate of drug-likeness (QED) is 0.395. The molecule has 5 rings (SSSR count). The number of rotatable bonds is 6. The first-order valence-corrected chi connectivity index (χ1v) is 11.5. The minimum absolute atomic E-state index is 0.0463. The number of fused-ring (bicyclic) bond motifs is 1. The summed E-state index contributed by atoms with van der Waals surface area (Å²) >= 11 is 0. The Morgan fingerprint density at radius 1 is 0.939 bits per heavy atom. The Balaban J connectivity index is 1.41. The van der Waals surface area contributed by atoms with E-state index in [-0.39, 0.29) is 11.8 Å². The van der Waals surface area contributed by atoms with Crippen LogP contribution < -0.4 is 9.64 Å². The summed E-state index contributed by atoms with van der Waals surface area (Å²) < 4.78 is 8.32. The Kier molecular flexibility index (Phi) is 5.63. The second kappa shape index (κ2) is 8.74.